The molecule has 0 spiro atoms. The van der Waals surface area contributed by atoms with E-state index in [-0.39, 0.29) is 24.1 Å². The van der Waals surface area contributed by atoms with E-state index in [0.29, 0.717) is 37.3 Å². The Morgan fingerprint density at radius 2 is 1.78 bits per heavy atom. The molecule has 0 radical (unpaired) electrons. The lowest BCUT2D eigenvalue weighted by molar-refractivity contribution is -0.118. The van der Waals surface area contributed by atoms with E-state index in [4.69, 9.17) is 9.47 Å². The number of ether oxygens (including phenoxy) is 2. The third kappa shape index (κ3) is 2.76. The lowest BCUT2D eigenvalue weighted by atomic mass is 10.00. The van der Waals surface area contributed by atoms with Crippen molar-refractivity contribution in [2.45, 2.75) is 30.7 Å². The van der Waals surface area contributed by atoms with Crippen molar-refractivity contribution in [1.82, 2.24) is 4.72 Å². The second-order valence-electron chi connectivity index (χ2n) is 6.90. The average Bonchev–Trinajstić information content (AvgIpc) is 3.30. The molecule has 0 saturated heterocycles. The molecule has 1 N–H and O–H groups in total. The zero-order chi connectivity index (χ0) is 18.6. The SMILES string of the molecule is O=C1CCc2cc(S(=O)(=O)NCc3ccc4c(c3)OCO4)cc3c2N1CC3. The maximum Gasteiger partial charge on any atom is 0.240 e. The van der Waals surface area contributed by atoms with Crippen LogP contribution < -0.4 is 19.1 Å². The second kappa shape index (κ2) is 5.97. The van der Waals surface area contributed by atoms with Crippen LogP contribution in [0.2, 0.25) is 0 Å². The Morgan fingerprint density at radius 1 is 1.00 bits per heavy atom. The smallest absolute Gasteiger partial charge is 0.240 e. The molecule has 2 aromatic rings. The summed E-state index contributed by atoms with van der Waals surface area (Å²) in [6, 6.07) is 8.76. The van der Waals surface area contributed by atoms with Crippen molar-refractivity contribution in [3.05, 3.63) is 47.0 Å². The Labute approximate surface area is 156 Å². The van der Waals surface area contributed by atoms with Gasteiger partial charge in [-0.05, 0) is 53.8 Å². The zero-order valence-corrected chi connectivity index (χ0v) is 15.3. The molecule has 0 aliphatic carbocycles. The number of nitrogens with one attached hydrogen (secondary N) is 1. The van der Waals surface area contributed by atoms with Crippen LogP contribution in [0, 0.1) is 0 Å². The zero-order valence-electron chi connectivity index (χ0n) is 14.5. The predicted octanol–water partition coefficient (Wildman–Crippen LogP) is 1.73. The number of hydrogen-bond donors (Lipinski definition) is 1. The topological polar surface area (TPSA) is 84.9 Å². The Kier molecular flexibility index (Phi) is 3.66. The van der Waals surface area contributed by atoms with Crippen LogP contribution in [0.15, 0.2) is 35.2 Å². The van der Waals surface area contributed by atoms with Crippen molar-refractivity contribution in [2.24, 2.45) is 0 Å². The fourth-order valence-electron chi connectivity index (χ4n) is 3.89. The van der Waals surface area contributed by atoms with Crippen LogP contribution in [0.5, 0.6) is 11.5 Å². The van der Waals surface area contributed by atoms with E-state index in [1.807, 2.05) is 6.07 Å². The summed E-state index contributed by atoms with van der Waals surface area (Å²) in [5, 5.41) is 0. The largest absolute Gasteiger partial charge is 0.454 e. The molecular formula is C19H18N2O5S. The molecule has 2 aromatic carbocycles. The van der Waals surface area contributed by atoms with Gasteiger partial charge in [0.2, 0.25) is 22.7 Å². The number of nitrogens with zero attached hydrogens (tertiary/aromatic N) is 1. The van der Waals surface area contributed by atoms with Crippen molar-refractivity contribution in [3.63, 3.8) is 0 Å². The van der Waals surface area contributed by atoms with E-state index in [1.54, 1.807) is 29.2 Å². The summed E-state index contributed by atoms with van der Waals surface area (Å²) in [7, 11) is -3.66. The van der Waals surface area contributed by atoms with Gasteiger partial charge in [-0.1, -0.05) is 6.07 Å². The van der Waals surface area contributed by atoms with E-state index >= 15 is 0 Å². The van der Waals surface area contributed by atoms with Crippen LogP contribution in [0.1, 0.15) is 23.1 Å². The summed E-state index contributed by atoms with van der Waals surface area (Å²) >= 11 is 0. The molecular weight excluding hydrogens is 368 g/mol. The van der Waals surface area contributed by atoms with Crippen molar-refractivity contribution < 1.29 is 22.7 Å². The van der Waals surface area contributed by atoms with Gasteiger partial charge in [-0.2, -0.15) is 0 Å². The molecule has 3 aliphatic heterocycles. The number of carbonyl (C=O) groups excluding carboxylic acids is 1. The average molecular weight is 386 g/mol. The molecule has 1 amide bonds. The highest BCUT2D eigenvalue weighted by Gasteiger charge is 2.32. The Bertz CT molecular complexity index is 1060. The van der Waals surface area contributed by atoms with Crippen LogP contribution in [-0.4, -0.2) is 27.7 Å². The van der Waals surface area contributed by atoms with Gasteiger partial charge in [-0.3, -0.25) is 4.79 Å². The van der Waals surface area contributed by atoms with Gasteiger partial charge < -0.3 is 14.4 Å². The van der Waals surface area contributed by atoms with E-state index in [0.717, 1.165) is 22.4 Å². The first-order valence-corrected chi connectivity index (χ1v) is 10.3. The Balaban J connectivity index is 1.40. The van der Waals surface area contributed by atoms with Gasteiger partial charge in [0, 0.05) is 19.5 Å². The summed E-state index contributed by atoms with van der Waals surface area (Å²) in [5.41, 5.74) is 3.58. The van der Waals surface area contributed by atoms with E-state index in [1.165, 1.54) is 0 Å². The Hall–Kier alpha value is -2.58. The molecule has 5 rings (SSSR count). The molecule has 3 heterocycles. The van der Waals surface area contributed by atoms with Gasteiger partial charge in [-0.25, -0.2) is 13.1 Å². The van der Waals surface area contributed by atoms with E-state index in [9.17, 15) is 13.2 Å². The van der Waals surface area contributed by atoms with Gasteiger partial charge >= 0.3 is 0 Å². The highest BCUT2D eigenvalue weighted by atomic mass is 32.2. The lowest BCUT2D eigenvalue weighted by Crippen LogP contribution is -2.33. The van der Waals surface area contributed by atoms with Crippen LogP contribution in [0.4, 0.5) is 5.69 Å². The number of carbonyl (C=O) groups is 1. The number of amides is 1. The van der Waals surface area contributed by atoms with Gasteiger partial charge in [-0.15, -0.1) is 0 Å². The minimum atomic E-state index is -3.66. The molecule has 140 valence electrons. The number of fused-ring (bicyclic) bond motifs is 1. The maximum atomic E-state index is 12.8. The molecule has 3 aliphatic rings. The summed E-state index contributed by atoms with van der Waals surface area (Å²) in [6.07, 6.45) is 1.71. The highest BCUT2D eigenvalue weighted by molar-refractivity contribution is 7.89. The summed E-state index contributed by atoms with van der Waals surface area (Å²) in [5.74, 6) is 1.41. The van der Waals surface area contributed by atoms with Crippen LogP contribution >= 0.6 is 0 Å². The van der Waals surface area contributed by atoms with Crippen molar-refractivity contribution in [1.29, 1.82) is 0 Å². The minimum Gasteiger partial charge on any atom is -0.454 e. The molecule has 0 unspecified atom stereocenters. The number of rotatable bonds is 4. The first-order chi connectivity index (χ1) is 13.0. The Morgan fingerprint density at radius 3 is 2.63 bits per heavy atom. The summed E-state index contributed by atoms with van der Waals surface area (Å²) in [4.78, 5) is 14.1. The first-order valence-electron chi connectivity index (χ1n) is 8.86. The van der Waals surface area contributed by atoms with Crippen molar-refractivity contribution in [3.8, 4) is 11.5 Å². The van der Waals surface area contributed by atoms with Gasteiger partial charge in [0.05, 0.1) is 10.6 Å². The maximum absolute atomic E-state index is 12.8. The minimum absolute atomic E-state index is 0.123. The van der Waals surface area contributed by atoms with Crippen LogP contribution in [0.3, 0.4) is 0 Å². The number of sulfonamides is 1. The standard InChI is InChI=1S/C19H18N2O5S/c22-18-4-2-13-8-15(9-14-5-6-21(18)19(13)14)27(23,24)20-10-12-1-3-16-17(7-12)26-11-25-16/h1,3,7-9,20H,2,4-6,10-11H2. The fourth-order valence-corrected chi connectivity index (χ4v) is 5.01. The van der Waals surface area contributed by atoms with Crippen molar-refractivity contribution in [2.75, 3.05) is 18.2 Å². The molecule has 0 aromatic heterocycles. The molecule has 0 saturated carbocycles. The summed E-state index contributed by atoms with van der Waals surface area (Å²) < 4.78 is 38.9. The van der Waals surface area contributed by atoms with Crippen LogP contribution in [-0.2, 0) is 34.2 Å². The first kappa shape index (κ1) is 16.6. The monoisotopic (exact) mass is 386 g/mol. The molecule has 8 heteroatoms. The second-order valence-corrected chi connectivity index (χ2v) is 8.66. The molecule has 0 bridgehead atoms. The van der Waals surface area contributed by atoms with Gasteiger partial charge in [0.25, 0.3) is 0 Å². The predicted molar refractivity (Wildman–Crippen MR) is 97.4 cm³/mol. The molecule has 7 nitrogen and oxygen atoms in total. The highest BCUT2D eigenvalue weighted by Crippen LogP contribution is 2.38. The third-order valence-corrected chi connectivity index (χ3v) is 6.62. The van der Waals surface area contributed by atoms with E-state index in [2.05, 4.69) is 4.72 Å². The third-order valence-electron chi connectivity index (χ3n) is 5.24. The normalized spacial score (nSPS) is 17.3. The number of anilines is 1. The lowest BCUT2D eigenvalue weighted by Gasteiger charge is -2.25. The quantitative estimate of drug-likeness (QED) is 0.865. The van der Waals surface area contributed by atoms with Crippen LogP contribution in [0.25, 0.3) is 0 Å². The van der Waals surface area contributed by atoms with Gasteiger partial charge in [0.1, 0.15) is 0 Å². The summed E-state index contributed by atoms with van der Waals surface area (Å²) in [6.45, 7) is 0.979. The van der Waals surface area contributed by atoms with E-state index < -0.39 is 10.0 Å². The molecule has 0 fully saturated rings. The van der Waals surface area contributed by atoms with Crippen molar-refractivity contribution >= 4 is 21.6 Å². The van der Waals surface area contributed by atoms with Gasteiger partial charge in [0.15, 0.2) is 11.5 Å². The number of benzene rings is 2. The fraction of sp³-hybridized carbons (Fsp3) is 0.316. The number of aryl methyl sites for hydroxylation is 1. The molecule has 0 atom stereocenters. The number of hydrogen-bond acceptors (Lipinski definition) is 5. The molecule has 27 heavy (non-hydrogen) atoms.